The van der Waals surface area contributed by atoms with Crippen molar-refractivity contribution in [1.29, 1.82) is 5.26 Å². The Balaban J connectivity index is 2.20. The topological polar surface area (TPSA) is 93.9 Å². The monoisotopic (exact) mass is 340 g/mol. The number of nitrogens with zero attached hydrogens (tertiary/aromatic N) is 3. The summed E-state index contributed by atoms with van der Waals surface area (Å²) in [6.45, 7) is 10.1. The fourth-order valence-electron chi connectivity index (χ4n) is 3.84. The van der Waals surface area contributed by atoms with Gasteiger partial charge in [-0.3, -0.25) is 9.48 Å². The summed E-state index contributed by atoms with van der Waals surface area (Å²) >= 11 is 0. The van der Waals surface area contributed by atoms with E-state index >= 15 is 0 Å². The first-order valence-corrected chi connectivity index (χ1v) is 8.54. The van der Waals surface area contributed by atoms with Crippen molar-refractivity contribution in [3.05, 3.63) is 40.2 Å². The maximum absolute atomic E-state index is 12.9. The van der Waals surface area contributed by atoms with Gasteiger partial charge >= 0.3 is 0 Å². The molecule has 0 saturated heterocycles. The third-order valence-electron chi connectivity index (χ3n) is 4.96. The molecule has 2 N–H and O–H groups in total. The van der Waals surface area contributed by atoms with Gasteiger partial charge in [0.15, 0.2) is 5.78 Å². The summed E-state index contributed by atoms with van der Waals surface area (Å²) in [5.41, 5.74) is 8.50. The predicted octanol–water partition coefficient (Wildman–Crippen LogP) is 3.22. The number of aromatic nitrogens is 2. The van der Waals surface area contributed by atoms with Gasteiger partial charge in [0, 0.05) is 35.7 Å². The van der Waals surface area contributed by atoms with Gasteiger partial charge in [0.2, 0.25) is 5.88 Å². The molecule has 1 unspecified atom stereocenters. The number of ketones is 1. The summed E-state index contributed by atoms with van der Waals surface area (Å²) in [5, 5.41) is 14.1. The van der Waals surface area contributed by atoms with Crippen LogP contribution < -0.4 is 5.73 Å². The Bertz CT molecular complexity index is 849. The first-order valence-electron chi connectivity index (χ1n) is 8.54. The molecule has 3 rings (SSSR count). The normalized spacial score (nSPS) is 22.8. The number of nitrogens with two attached hydrogens (primary N) is 1. The van der Waals surface area contributed by atoms with Gasteiger partial charge in [-0.15, -0.1) is 0 Å². The van der Waals surface area contributed by atoms with E-state index < -0.39 is 5.92 Å². The minimum atomic E-state index is -0.496. The molecule has 0 aromatic carbocycles. The fourth-order valence-corrected chi connectivity index (χ4v) is 3.84. The standard InChI is InChI=1S/C19H24N4O2/c1-10(2)23-11(3)13(9-22-23)16-12(8-20)18(21)25-15-7-19(4,5)6-14(24)17(15)16/h9-10,16H,6-7,21H2,1-5H3. The van der Waals surface area contributed by atoms with E-state index in [1.165, 1.54) is 0 Å². The fraction of sp³-hybridized carbons (Fsp3) is 0.526. The number of ether oxygens (including phenoxy) is 1. The summed E-state index contributed by atoms with van der Waals surface area (Å²) in [5.74, 6) is 0.214. The lowest BCUT2D eigenvalue weighted by molar-refractivity contribution is -0.119. The van der Waals surface area contributed by atoms with Crippen LogP contribution in [-0.2, 0) is 9.53 Å². The van der Waals surface area contributed by atoms with Crippen molar-refractivity contribution in [3.8, 4) is 6.07 Å². The van der Waals surface area contributed by atoms with E-state index in [9.17, 15) is 10.1 Å². The first kappa shape index (κ1) is 17.3. The zero-order valence-corrected chi connectivity index (χ0v) is 15.4. The molecule has 1 atom stereocenters. The van der Waals surface area contributed by atoms with Crippen LogP contribution in [0.25, 0.3) is 0 Å². The largest absolute Gasteiger partial charge is 0.444 e. The quantitative estimate of drug-likeness (QED) is 0.892. The number of carbonyl (C=O) groups is 1. The van der Waals surface area contributed by atoms with E-state index in [2.05, 4.69) is 11.2 Å². The van der Waals surface area contributed by atoms with Crippen LogP contribution in [0.2, 0.25) is 0 Å². The van der Waals surface area contributed by atoms with Gasteiger partial charge in [0.1, 0.15) is 17.4 Å². The van der Waals surface area contributed by atoms with E-state index in [0.29, 0.717) is 29.7 Å². The van der Waals surface area contributed by atoms with Gasteiger partial charge in [-0.05, 0) is 26.2 Å². The molecular weight excluding hydrogens is 316 g/mol. The highest BCUT2D eigenvalue weighted by Crippen LogP contribution is 2.48. The second-order valence-corrected chi connectivity index (χ2v) is 7.93. The summed E-state index contributed by atoms with van der Waals surface area (Å²) in [7, 11) is 0. The predicted molar refractivity (Wildman–Crippen MR) is 93.0 cm³/mol. The minimum Gasteiger partial charge on any atom is -0.444 e. The van der Waals surface area contributed by atoms with Crippen molar-refractivity contribution in [3.63, 3.8) is 0 Å². The van der Waals surface area contributed by atoms with E-state index in [4.69, 9.17) is 10.5 Å². The number of allylic oxidation sites excluding steroid dienone is 3. The van der Waals surface area contributed by atoms with Crippen LogP contribution in [0.1, 0.15) is 63.8 Å². The molecule has 0 radical (unpaired) electrons. The van der Waals surface area contributed by atoms with Gasteiger partial charge in [-0.2, -0.15) is 10.4 Å². The highest BCUT2D eigenvalue weighted by Gasteiger charge is 2.43. The zero-order chi connectivity index (χ0) is 18.5. The average Bonchev–Trinajstić information content (AvgIpc) is 2.86. The van der Waals surface area contributed by atoms with Crippen LogP contribution in [0.5, 0.6) is 0 Å². The van der Waals surface area contributed by atoms with Crippen LogP contribution in [0.15, 0.2) is 29.0 Å². The Morgan fingerprint density at radius 1 is 1.44 bits per heavy atom. The van der Waals surface area contributed by atoms with E-state index in [1.54, 1.807) is 6.20 Å². The van der Waals surface area contributed by atoms with Gasteiger partial charge in [0.25, 0.3) is 0 Å². The third-order valence-corrected chi connectivity index (χ3v) is 4.96. The Labute approximate surface area is 147 Å². The molecule has 0 amide bonds. The second-order valence-electron chi connectivity index (χ2n) is 7.93. The molecule has 6 nitrogen and oxygen atoms in total. The number of carbonyl (C=O) groups excluding carboxylic acids is 1. The molecule has 1 aromatic rings. The first-order chi connectivity index (χ1) is 11.7. The molecule has 2 heterocycles. The maximum atomic E-state index is 12.9. The Morgan fingerprint density at radius 3 is 2.68 bits per heavy atom. The Kier molecular flexibility index (Phi) is 3.98. The third kappa shape index (κ3) is 2.74. The maximum Gasteiger partial charge on any atom is 0.205 e. The summed E-state index contributed by atoms with van der Waals surface area (Å²) in [6, 6.07) is 2.34. The van der Waals surface area contributed by atoms with Crippen LogP contribution in [0.4, 0.5) is 0 Å². The summed E-state index contributed by atoms with van der Waals surface area (Å²) < 4.78 is 7.61. The van der Waals surface area contributed by atoms with Crippen molar-refractivity contribution < 1.29 is 9.53 Å². The molecule has 2 aliphatic rings. The van der Waals surface area contributed by atoms with Crippen LogP contribution >= 0.6 is 0 Å². The number of hydrogen-bond acceptors (Lipinski definition) is 5. The molecule has 25 heavy (non-hydrogen) atoms. The van der Waals surface area contributed by atoms with Crippen LogP contribution in [-0.4, -0.2) is 15.6 Å². The molecule has 132 valence electrons. The number of Topliss-reactive ketones (excluding diaryl/α,β-unsaturated/α-hetero) is 1. The van der Waals surface area contributed by atoms with Gasteiger partial charge in [-0.25, -0.2) is 0 Å². The van der Waals surface area contributed by atoms with Crippen molar-refractivity contribution in [2.24, 2.45) is 11.1 Å². The van der Waals surface area contributed by atoms with Crippen molar-refractivity contribution in [1.82, 2.24) is 9.78 Å². The molecule has 0 saturated carbocycles. The zero-order valence-electron chi connectivity index (χ0n) is 15.4. The Morgan fingerprint density at radius 2 is 2.12 bits per heavy atom. The van der Waals surface area contributed by atoms with Crippen molar-refractivity contribution >= 4 is 5.78 Å². The lowest BCUT2D eigenvalue weighted by Crippen LogP contribution is -2.33. The Hall–Kier alpha value is -2.55. The van der Waals surface area contributed by atoms with Gasteiger partial charge in [-0.1, -0.05) is 13.8 Å². The SMILES string of the molecule is Cc1c(C2C(C#N)=C(N)OC3=C2C(=O)CC(C)(C)C3)cnn1C(C)C. The average molecular weight is 340 g/mol. The molecular formula is C19H24N4O2. The van der Waals surface area contributed by atoms with Crippen molar-refractivity contribution in [2.45, 2.75) is 59.4 Å². The van der Waals surface area contributed by atoms with Crippen LogP contribution in [0, 0.1) is 23.7 Å². The molecule has 0 spiro atoms. The van der Waals surface area contributed by atoms with Crippen LogP contribution in [0.3, 0.4) is 0 Å². The lowest BCUT2D eigenvalue weighted by atomic mass is 9.70. The molecule has 0 fully saturated rings. The lowest BCUT2D eigenvalue weighted by Gasteiger charge is -2.37. The van der Waals surface area contributed by atoms with E-state index in [0.717, 1.165) is 11.3 Å². The van der Waals surface area contributed by atoms with Crippen molar-refractivity contribution in [2.75, 3.05) is 0 Å². The summed E-state index contributed by atoms with van der Waals surface area (Å²) in [4.78, 5) is 12.9. The van der Waals surface area contributed by atoms with E-state index in [-0.39, 0.29) is 23.1 Å². The molecule has 6 heteroatoms. The molecule has 1 aromatic heterocycles. The molecule has 1 aliphatic carbocycles. The second kappa shape index (κ2) is 5.76. The van der Waals surface area contributed by atoms with E-state index in [1.807, 2.05) is 39.3 Å². The highest BCUT2D eigenvalue weighted by molar-refractivity contribution is 6.00. The number of nitriles is 1. The van der Waals surface area contributed by atoms with Gasteiger partial charge < -0.3 is 10.5 Å². The molecule has 1 aliphatic heterocycles. The summed E-state index contributed by atoms with van der Waals surface area (Å²) in [6.07, 6.45) is 2.80. The highest BCUT2D eigenvalue weighted by atomic mass is 16.5. The number of hydrogen-bond donors (Lipinski definition) is 1. The minimum absolute atomic E-state index is 0.0215. The molecule has 0 bridgehead atoms. The number of rotatable bonds is 2. The smallest absolute Gasteiger partial charge is 0.205 e. The van der Waals surface area contributed by atoms with Gasteiger partial charge in [0.05, 0.1) is 12.1 Å².